The number of imide groups is 1. The van der Waals surface area contributed by atoms with E-state index in [0.717, 1.165) is 34.6 Å². The van der Waals surface area contributed by atoms with Crippen molar-refractivity contribution in [2.24, 2.45) is 11.7 Å². The summed E-state index contributed by atoms with van der Waals surface area (Å²) in [7, 11) is 1.51. The zero-order valence-corrected chi connectivity index (χ0v) is 19.5. The zero-order valence-electron chi connectivity index (χ0n) is 18.7. The van der Waals surface area contributed by atoms with Crippen LogP contribution in [0.15, 0.2) is 24.3 Å². The Bertz CT molecular complexity index is 1160. The Morgan fingerprint density at radius 2 is 2.12 bits per heavy atom. The van der Waals surface area contributed by atoms with Crippen LogP contribution in [0.4, 0.5) is 9.80 Å². The number of nitrogens with zero attached hydrogens (tertiary/aromatic N) is 1. The molecule has 9 nitrogen and oxygen atoms in total. The Labute approximate surface area is 195 Å². The van der Waals surface area contributed by atoms with Crippen LogP contribution >= 0.6 is 11.3 Å². The highest BCUT2D eigenvalue weighted by atomic mass is 32.1. The van der Waals surface area contributed by atoms with Gasteiger partial charge in [0.05, 0.1) is 12.7 Å². The van der Waals surface area contributed by atoms with E-state index >= 15 is 0 Å². The van der Waals surface area contributed by atoms with E-state index in [1.54, 1.807) is 31.2 Å². The van der Waals surface area contributed by atoms with Gasteiger partial charge in [-0.3, -0.25) is 19.3 Å². The van der Waals surface area contributed by atoms with Gasteiger partial charge in [-0.25, -0.2) is 4.79 Å². The van der Waals surface area contributed by atoms with E-state index in [9.17, 15) is 19.2 Å². The maximum atomic E-state index is 13.1. The Balaban J connectivity index is 1.53. The minimum Gasteiger partial charge on any atom is -0.497 e. The highest BCUT2D eigenvalue weighted by Crippen LogP contribution is 2.39. The number of carbonyl (C=O) groups is 4. The van der Waals surface area contributed by atoms with E-state index in [0.29, 0.717) is 27.8 Å². The first-order chi connectivity index (χ1) is 15.6. The summed E-state index contributed by atoms with van der Waals surface area (Å²) in [5, 5.41) is 5.74. The van der Waals surface area contributed by atoms with E-state index in [-0.39, 0.29) is 0 Å². The Morgan fingerprint density at radius 1 is 1.36 bits per heavy atom. The fourth-order valence-electron chi connectivity index (χ4n) is 4.38. The highest BCUT2D eigenvalue weighted by Gasteiger charge is 2.49. The number of fused-ring (bicyclic) bond motifs is 1. The molecule has 2 aromatic rings. The molecule has 0 unspecified atom stereocenters. The van der Waals surface area contributed by atoms with Crippen molar-refractivity contribution in [1.82, 2.24) is 10.2 Å². The zero-order chi connectivity index (χ0) is 23.9. The molecule has 1 aliphatic heterocycles. The van der Waals surface area contributed by atoms with Crippen molar-refractivity contribution in [1.29, 1.82) is 0 Å². The molecular formula is C23H26N4O5S. The molecule has 1 aromatic carbocycles. The van der Waals surface area contributed by atoms with E-state index in [4.69, 9.17) is 10.5 Å². The monoisotopic (exact) mass is 470 g/mol. The van der Waals surface area contributed by atoms with E-state index < -0.39 is 35.8 Å². The molecule has 33 heavy (non-hydrogen) atoms. The quantitative estimate of drug-likeness (QED) is 0.558. The molecule has 1 aliphatic carbocycles. The number of carbonyl (C=O) groups excluding carboxylic acids is 4. The van der Waals surface area contributed by atoms with Crippen LogP contribution in [-0.2, 0) is 28.0 Å². The molecule has 1 saturated heterocycles. The molecule has 1 fully saturated rings. The topological polar surface area (TPSA) is 131 Å². The number of ether oxygens (including phenoxy) is 1. The SMILES string of the molecule is COc1cccc([C@]2(C)NC(=O)N(CC(=O)Nc3sc4c(c3C(N)=O)CC[C@H](C)C4)C2=O)c1. The second-order valence-electron chi connectivity index (χ2n) is 8.65. The van der Waals surface area contributed by atoms with Crippen LogP contribution < -0.4 is 21.1 Å². The summed E-state index contributed by atoms with van der Waals surface area (Å²) in [6.07, 6.45) is 2.50. The predicted molar refractivity (Wildman–Crippen MR) is 123 cm³/mol. The molecule has 10 heteroatoms. The summed E-state index contributed by atoms with van der Waals surface area (Å²) >= 11 is 1.33. The molecule has 4 N–H and O–H groups in total. The Morgan fingerprint density at radius 3 is 2.82 bits per heavy atom. The van der Waals surface area contributed by atoms with Gasteiger partial charge in [-0.15, -0.1) is 11.3 Å². The number of primary amides is 1. The second kappa shape index (κ2) is 8.51. The maximum absolute atomic E-state index is 13.1. The van der Waals surface area contributed by atoms with Crippen LogP contribution in [0, 0.1) is 5.92 Å². The van der Waals surface area contributed by atoms with Gasteiger partial charge in [0.15, 0.2) is 0 Å². The average molecular weight is 471 g/mol. The average Bonchev–Trinajstić information content (AvgIpc) is 3.23. The molecule has 0 saturated carbocycles. The van der Waals surface area contributed by atoms with Crippen molar-refractivity contribution in [3.8, 4) is 5.75 Å². The number of hydrogen-bond acceptors (Lipinski definition) is 6. The number of amides is 5. The third-order valence-corrected chi connectivity index (χ3v) is 7.40. The van der Waals surface area contributed by atoms with Gasteiger partial charge >= 0.3 is 6.03 Å². The molecule has 2 heterocycles. The lowest BCUT2D eigenvalue weighted by Gasteiger charge is -2.22. The molecule has 0 radical (unpaired) electrons. The fourth-order valence-corrected chi connectivity index (χ4v) is 5.81. The van der Waals surface area contributed by atoms with Gasteiger partial charge in [-0.1, -0.05) is 19.1 Å². The number of urea groups is 1. The van der Waals surface area contributed by atoms with Crippen molar-refractivity contribution >= 4 is 40.1 Å². The third-order valence-electron chi connectivity index (χ3n) is 6.23. The van der Waals surface area contributed by atoms with Crippen LogP contribution in [0.3, 0.4) is 0 Å². The maximum Gasteiger partial charge on any atom is 0.325 e. The predicted octanol–water partition coefficient (Wildman–Crippen LogP) is 2.39. The van der Waals surface area contributed by atoms with Crippen molar-refractivity contribution in [2.45, 2.75) is 38.6 Å². The first-order valence-corrected chi connectivity index (χ1v) is 11.5. The fraction of sp³-hybridized carbons (Fsp3) is 0.391. The molecule has 2 atom stereocenters. The summed E-state index contributed by atoms with van der Waals surface area (Å²) in [6, 6.07) is 6.16. The van der Waals surface area contributed by atoms with Crippen molar-refractivity contribution in [3.05, 3.63) is 45.8 Å². The van der Waals surface area contributed by atoms with Crippen LogP contribution in [0.2, 0.25) is 0 Å². The van der Waals surface area contributed by atoms with Gasteiger partial charge in [0.25, 0.3) is 11.8 Å². The van der Waals surface area contributed by atoms with E-state index in [1.165, 1.54) is 18.4 Å². The second-order valence-corrected chi connectivity index (χ2v) is 9.75. The van der Waals surface area contributed by atoms with Gasteiger partial charge in [0.1, 0.15) is 22.8 Å². The smallest absolute Gasteiger partial charge is 0.325 e. The van der Waals surface area contributed by atoms with Gasteiger partial charge < -0.3 is 21.1 Å². The summed E-state index contributed by atoms with van der Waals surface area (Å²) in [5.41, 5.74) is 6.03. The number of thiophene rings is 1. The number of rotatable bonds is 6. The molecule has 0 spiro atoms. The summed E-state index contributed by atoms with van der Waals surface area (Å²) in [5.74, 6) is -0.701. The summed E-state index contributed by atoms with van der Waals surface area (Å²) in [4.78, 5) is 52.6. The van der Waals surface area contributed by atoms with Gasteiger partial charge in [-0.2, -0.15) is 0 Å². The van der Waals surface area contributed by atoms with Crippen molar-refractivity contribution in [3.63, 3.8) is 0 Å². The third kappa shape index (κ3) is 4.06. The number of methoxy groups -OCH3 is 1. The van der Waals surface area contributed by atoms with Gasteiger partial charge in [-0.05, 0) is 55.4 Å². The lowest BCUT2D eigenvalue weighted by molar-refractivity contribution is -0.133. The minimum absolute atomic E-state index is 0.327. The first kappa shape index (κ1) is 22.8. The highest BCUT2D eigenvalue weighted by molar-refractivity contribution is 7.17. The minimum atomic E-state index is -1.33. The number of hydrogen-bond donors (Lipinski definition) is 3. The molecule has 4 rings (SSSR count). The van der Waals surface area contributed by atoms with Crippen molar-refractivity contribution in [2.75, 3.05) is 19.0 Å². The number of anilines is 1. The standard InChI is InChI=1S/C23H26N4O5S/c1-12-7-8-15-16(9-12)33-20(18(15)19(24)29)25-17(28)11-27-21(30)23(2,26-22(27)31)13-5-4-6-14(10-13)32-3/h4-6,10,12H,7-9,11H2,1-3H3,(H2,24,29)(H,25,28)(H,26,31)/t12-,23-/m0/s1. The lowest BCUT2D eigenvalue weighted by Crippen LogP contribution is -2.42. The Kier molecular flexibility index (Phi) is 5.87. The molecule has 2 aliphatic rings. The molecule has 5 amide bonds. The lowest BCUT2D eigenvalue weighted by atomic mass is 9.88. The van der Waals surface area contributed by atoms with E-state index in [2.05, 4.69) is 17.6 Å². The van der Waals surface area contributed by atoms with Crippen LogP contribution in [0.5, 0.6) is 5.75 Å². The van der Waals surface area contributed by atoms with Crippen LogP contribution in [-0.4, -0.2) is 42.3 Å². The van der Waals surface area contributed by atoms with E-state index in [1.807, 2.05) is 0 Å². The van der Waals surface area contributed by atoms with Gasteiger partial charge in [0.2, 0.25) is 5.91 Å². The number of nitrogens with one attached hydrogen (secondary N) is 2. The normalized spacial score (nSPS) is 22.0. The van der Waals surface area contributed by atoms with Gasteiger partial charge in [0, 0.05) is 4.88 Å². The van der Waals surface area contributed by atoms with Crippen LogP contribution in [0.1, 0.15) is 46.6 Å². The number of nitrogens with two attached hydrogens (primary N) is 1. The summed E-state index contributed by atoms with van der Waals surface area (Å²) < 4.78 is 5.21. The van der Waals surface area contributed by atoms with Crippen LogP contribution in [0.25, 0.3) is 0 Å². The Hall–Kier alpha value is -3.40. The largest absolute Gasteiger partial charge is 0.497 e. The molecule has 174 valence electrons. The molecular weight excluding hydrogens is 444 g/mol. The molecule has 0 bridgehead atoms. The van der Waals surface area contributed by atoms with Crippen molar-refractivity contribution < 1.29 is 23.9 Å². The molecule has 1 aromatic heterocycles. The number of benzene rings is 1. The summed E-state index contributed by atoms with van der Waals surface area (Å²) in [6.45, 7) is 3.24. The first-order valence-electron chi connectivity index (χ1n) is 10.7.